The third-order valence-electron chi connectivity index (χ3n) is 2.80. The minimum atomic E-state index is 0.713. The maximum atomic E-state index is 4.26. The standard InChI is InChI=1S/C13H25N3S/c1-5-11(4)8-13-16-15-12(17-13)6-7-14-9-10(2)3/h10-11,14H,5-9H2,1-4H3. The van der Waals surface area contributed by atoms with Crippen molar-refractivity contribution in [1.82, 2.24) is 15.5 Å². The molecule has 1 atom stereocenters. The molecule has 0 aliphatic carbocycles. The van der Waals surface area contributed by atoms with E-state index in [1.54, 1.807) is 11.3 Å². The summed E-state index contributed by atoms with van der Waals surface area (Å²) in [7, 11) is 0. The second kappa shape index (κ2) is 7.77. The molecule has 4 heteroatoms. The van der Waals surface area contributed by atoms with E-state index in [-0.39, 0.29) is 0 Å². The van der Waals surface area contributed by atoms with Crippen molar-refractivity contribution < 1.29 is 0 Å². The third-order valence-corrected chi connectivity index (χ3v) is 3.80. The summed E-state index contributed by atoms with van der Waals surface area (Å²) in [4.78, 5) is 0. The van der Waals surface area contributed by atoms with Gasteiger partial charge in [0.1, 0.15) is 10.0 Å². The summed E-state index contributed by atoms with van der Waals surface area (Å²) in [6.45, 7) is 11.0. The molecule has 1 heterocycles. The Hall–Kier alpha value is -0.480. The van der Waals surface area contributed by atoms with Crippen LogP contribution in [-0.2, 0) is 12.8 Å². The zero-order valence-corrected chi connectivity index (χ0v) is 12.3. The maximum Gasteiger partial charge on any atom is 0.118 e. The highest BCUT2D eigenvalue weighted by Crippen LogP contribution is 2.16. The molecule has 1 N–H and O–H groups in total. The second-order valence-corrected chi connectivity index (χ2v) is 6.30. The van der Waals surface area contributed by atoms with Gasteiger partial charge in [0.25, 0.3) is 0 Å². The Labute approximate surface area is 109 Å². The van der Waals surface area contributed by atoms with Crippen LogP contribution in [0.15, 0.2) is 0 Å². The van der Waals surface area contributed by atoms with E-state index in [1.807, 2.05) is 0 Å². The topological polar surface area (TPSA) is 37.8 Å². The van der Waals surface area contributed by atoms with Crippen molar-refractivity contribution in [2.45, 2.75) is 47.0 Å². The van der Waals surface area contributed by atoms with Gasteiger partial charge in [-0.3, -0.25) is 0 Å². The van der Waals surface area contributed by atoms with E-state index >= 15 is 0 Å². The summed E-state index contributed by atoms with van der Waals surface area (Å²) in [6.07, 6.45) is 3.29. The highest BCUT2D eigenvalue weighted by molar-refractivity contribution is 7.11. The zero-order valence-electron chi connectivity index (χ0n) is 11.5. The van der Waals surface area contributed by atoms with E-state index in [9.17, 15) is 0 Å². The molecule has 0 spiro atoms. The summed E-state index contributed by atoms with van der Waals surface area (Å²) >= 11 is 1.77. The van der Waals surface area contributed by atoms with Crippen LogP contribution in [0.4, 0.5) is 0 Å². The Bertz CT molecular complexity index is 309. The Morgan fingerprint density at radius 1 is 1.18 bits per heavy atom. The SMILES string of the molecule is CCC(C)Cc1nnc(CCNCC(C)C)s1. The predicted molar refractivity (Wildman–Crippen MR) is 74.5 cm³/mol. The molecule has 0 saturated heterocycles. The first-order chi connectivity index (χ1) is 8.11. The normalized spacial score (nSPS) is 13.2. The van der Waals surface area contributed by atoms with Crippen LogP contribution in [0.2, 0.25) is 0 Å². The number of hydrogen-bond acceptors (Lipinski definition) is 4. The fourth-order valence-electron chi connectivity index (χ4n) is 1.50. The van der Waals surface area contributed by atoms with Crippen LogP contribution >= 0.6 is 11.3 Å². The first-order valence-electron chi connectivity index (χ1n) is 6.63. The van der Waals surface area contributed by atoms with Gasteiger partial charge in [-0.2, -0.15) is 0 Å². The Balaban J connectivity index is 2.26. The van der Waals surface area contributed by atoms with Crippen molar-refractivity contribution in [2.75, 3.05) is 13.1 Å². The second-order valence-electron chi connectivity index (χ2n) is 5.16. The van der Waals surface area contributed by atoms with Crippen molar-refractivity contribution >= 4 is 11.3 Å². The van der Waals surface area contributed by atoms with Crippen LogP contribution < -0.4 is 5.32 Å². The molecule has 0 fully saturated rings. The fourth-order valence-corrected chi connectivity index (χ4v) is 2.51. The lowest BCUT2D eigenvalue weighted by Crippen LogP contribution is -2.22. The maximum absolute atomic E-state index is 4.26. The van der Waals surface area contributed by atoms with Gasteiger partial charge < -0.3 is 5.32 Å². The Kier molecular flexibility index (Phi) is 6.66. The molecule has 98 valence electrons. The first-order valence-corrected chi connectivity index (χ1v) is 7.45. The largest absolute Gasteiger partial charge is 0.316 e. The van der Waals surface area contributed by atoms with Gasteiger partial charge in [-0.15, -0.1) is 21.5 Å². The average Bonchev–Trinajstić information content (AvgIpc) is 2.72. The van der Waals surface area contributed by atoms with E-state index in [2.05, 4.69) is 43.2 Å². The lowest BCUT2D eigenvalue weighted by atomic mass is 10.1. The van der Waals surface area contributed by atoms with Gasteiger partial charge in [0.2, 0.25) is 0 Å². The van der Waals surface area contributed by atoms with Gasteiger partial charge in [0.15, 0.2) is 0 Å². The van der Waals surface area contributed by atoms with E-state index in [0.29, 0.717) is 5.92 Å². The van der Waals surface area contributed by atoms with Crippen molar-refractivity contribution in [3.8, 4) is 0 Å². The predicted octanol–water partition coefficient (Wildman–Crippen LogP) is 2.91. The smallest absolute Gasteiger partial charge is 0.118 e. The number of hydrogen-bond donors (Lipinski definition) is 1. The molecule has 17 heavy (non-hydrogen) atoms. The number of nitrogens with zero attached hydrogens (tertiary/aromatic N) is 2. The molecular weight excluding hydrogens is 230 g/mol. The number of aromatic nitrogens is 2. The monoisotopic (exact) mass is 255 g/mol. The highest BCUT2D eigenvalue weighted by Gasteiger charge is 2.07. The number of nitrogens with one attached hydrogen (secondary N) is 1. The highest BCUT2D eigenvalue weighted by atomic mass is 32.1. The molecule has 1 rings (SSSR count). The molecule has 0 amide bonds. The lowest BCUT2D eigenvalue weighted by Gasteiger charge is -2.05. The molecule has 0 aromatic carbocycles. The quantitative estimate of drug-likeness (QED) is 0.726. The Morgan fingerprint density at radius 2 is 1.88 bits per heavy atom. The van der Waals surface area contributed by atoms with E-state index < -0.39 is 0 Å². The molecule has 0 aliphatic heterocycles. The van der Waals surface area contributed by atoms with Gasteiger partial charge >= 0.3 is 0 Å². The molecule has 0 aliphatic rings. The van der Waals surface area contributed by atoms with Crippen LogP contribution in [0.5, 0.6) is 0 Å². The molecule has 1 unspecified atom stereocenters. The zero-order chi connectivity index (χ0) is 12.7. The first kappa shape index (κ1) is 14.6. The van der Waals surface area contributed by atoms with E-state index in [0.717, 1.165) is 31.8 Å². The molecule has 0 radical (unpaired) electrons. The summed E-state index contributed by atoms with van der Waals surface area (Å²) in [6, 6.07) is 0. The molecule has 0 saturated carbocycles. The van der Waals surface area contributed by atoms with Crippen molar-refractivity contribution in [3.05, 3.63) is 10.0 Å². The van der Waals surface area contributed by atoms with Crippen LogP contribution in [0.3, 0.4) is 0 Å². The number of rotatable bonds is 8. The molecule has 1 aromatic rings. The van der Waals surface area contributed by atoms with Crippen LogP contribution in [0, 0.1) is 11.8 Å². The molecule has 0 bridgehead atoms. The average molecular weight is 255 g/mol. The molecule has 3 nitrogen and oxygen atoms in total. The van der Waals surface area contributed by atoms with Crippen LogP contribution in [0.25, 0.3) is 0 Å². The van der Waals surface area contributed by atoms with Crippen molar-refractivity contribution in [2.24, 2.45) is 11.8 Å². The van der Waals surface area contributed by atoms with Gasteiger partial charge in [-0.05, 0) is 18.4 Å². The molecular formula is C13H25N3S. The van der Waals surface area contributed by atoms with E-state index in [1.165, 1.54) is 16.4 Å². The lowest BCUT2D eigenvalue weighted by molar-refractivity contribution is 0.552. The fraction of sp³-hybridized carbons (Fsp3) is 0.846. The van der Waals surface area contributed by atoms with Crippen molar-refractivity contribution in [3.63, 3.8) is 0 Å². The summed E-state index contributed by atoms with van der Waals surface area (Å²) in [5.41, 5.74) is 0. The van der Waals surface area contributed by atoms with Gasteiger partial charge in [-0.25, -0.2) is 0 Å². The van der Waals surface area contributed by atoms with E-state index in [4.69, 9.17) is 0 Å². The van der Waals surface area contributed by atoms with Crippen LogP contribution in [-0.4, -0.2) is 23.3 Å². The van der Waals surface area contributed by atoms with Gasteiger partial charge in [-0.1, -0.05) is 34.1 Å². The minimum absolute atomic E-state index is 0.713. The summed E-state index contributed by atoms with van der Waals surface area (Å²) in [5.74, 6) is 1.43. The van der Waals surface area contributed by atoms with Gasteiger partial charge in [0.05, 0.1) is 0 Å². The Morgan fingerprint density at radius 3 is 2.53 bits per heavy atom. The summed E-state index contributed by atoms with van der Waals surface area (Å²) < 4.78 is 0. The minimum Gasteiger partial charge on any atom is -0.316 e. The van der Waals surface area contributed by atoms with Gasteiger partial charge in [0, 0.05) is 19.4 Å². The van der Waals surface area contributed by atoms with Crippen molar-refractivity contribution in [1.29, 1.82) is 0 Å². The third kappa shape index (κ3) is 6.13. The summed E-state index contributed by atoms with van der Waals surface area (Å²) in [5, 5.41) is 14.3. The van der Waals surface area contributed by atoms with Crippen LogP contribution in [0.1, 0.15) is 44.1 Å². The molecule has 1 aromatic heterocycles.